The first-order valence-electron chi connectivity index (χ1n) is 8.75. The quantitative estimate of drug-likeness (QED) is 0.848. The third-order valence-electron chi connectivity index (χ3n) is 6.13. The molecule has 2 aliphatic heterocycles. The molecule has 0 bridgehead atoms. The van der Waals surface area contributed by atoms with E-state index in [0.717, 1.165) is 38.3 Å². The Morgan fingerprint density at radius 2 is 2.32 bits per heavy atom. The van der Waals surface area contributed by atoms with Gasteiger partial charge in [0.05, 0.1) is 18.3 Å². The Morgan fingerprint density at radius 3 is 3.09 bits per heavy atom. The molecule has 3 unspecified atom stereocenters. The molecule has 0 radical (unpaired) electrons. The van der Waals surface area contributed by atoms with E-state index in [1.165, 1.54) is 31.0 Å². The zero-order chi connectivity index (χ0) is 14.6. The summed E-state index contributed by atoms with van der Waals surface area (Å²) in [4.78, 5) is 2.55. The SMILES string of the molecule is C1=CC2=C(CC1)OCCN2C1C=CC(C23CNCC2C3)=CC1. The molecule has 1 saturated carbocycles. The van der Waals surface area contributed by atoms with Crippen molar-refractivity contribution in [1.82, 2.24) is 10.2 Å². The highest BCUT2D eigenvalue weighted by molar-refractivity contribution is 5.40. The van der Waals surface area contributed by atoms with Crippen LogP contribution in [0.1, 0.15) is 25.7 Å². The topological polar surface area (TPSA) is 24.5 Å². The standard InChI is InChI=1S/C19H24N2O/c1-2-4-18-17(3-1)21(9-10-22-18)16-7-5-14(6-8-16)19-11-15(19)12-20-13-19/h1,3,5-7,15-16,20H,2,4,8-13H2. The highest BCUT2D eigenvalue weighted by Gasteiger charge is 2.58. The molecule has 116 valence electrons. The first kappa shape index (κ1) is 13.0. The minimum absolute atomic E-state index is 0.502. The second-order valence-corrected chi connectivity index (χ2v) is 7.30. The summed E-state index contributed by atoms with van der Waals surface area (Å²) in [6.07, 6.45) is 16.7. The van der Waals surface area contributed by atoms with Crippen LogP contribution in [0.15, 0.2) is 47.4 Å². The maximum Gasteiger partial charge on any atom is 0.120 e. The molecule has 0 amide bonds. The Hall–Kier alpha value is -1.48. The molecule has 3 atom stereocenters. The minimum Gasteiger partial charge on any atom is -0.494 e. The molecular formula is C19H24N2O. The van der Waals surface area contributed by atoms with Crippen LogP contribution >= 0.6 is 0 Å². The number of hydrogen-bond donors (Lipinski definition) is 1. The van der Waals surface area contributed by atoms with Crippen LogP contribution in [0.4, 0.5) is 0 Å². The van der Waals surface area contributed by atoms with Crippen LogP contribution in [0.5, 0.6) is 0 Å². The smallest absolute Gasteiger partial charge is 0.120 e. The predicted molar refractivity (Wildman–Crippen MR) is 87.1 cm³/mol. The summed E-state index contributed by atoms with van der Waals surface area (Å²) in [5.74, 6) is 2.11. The van der Waals surface area contributed by atoms with Crippen LogP contribution in [-0.2, 0) is 4.74 Å². The maximum atomic E-state index is 5.87. The lowest BCUT2D eigenvalue weighted by molar-refractivity contribution is 0.112. The number of hydrogen-bond acceptors (Lipinski definition) is 3. The number of nitrogens with zero attached hydrogens (tertiary/aromatic N) is 1. The lowest BCUT2D eigenvalue weighted by Gasteiger charge is -2.39. The van der Waals surface area contributed by atoms with Gasteiger partial charge in [0.1, 0.15) is 12.4 Å². The van der Waals surface area contributed by atoms with Crippen LogP contribution in [0.2, 0.25) is 0 Å². The molecule has 3 nitrogen and oxygen atoms in total. The van der Waals surface area contributed by atoms with E-state index in [9.17, 15) is 0 Å². The number of ether oxygens (including phenoxy) is 1. The van der Waals surface area contributed by atoms with Gasteiger partial charge in [-0.25, -0.2) is 0 Å². The van der Waals surface area contributed by atoms with E-state index in [2.05, 4.69) is 40.6 Å². The van der Waals surface area contributed by atoms with Crippen molar-refractivity contribution in [2.45, 2.75) is 31.7 Å². The maximum absolute atomic E-state index is 5.87. The van der Waals surface area contributed by atoms with Crippen LogP contribution in [0.3, 0.4) is 0 Å². The molecule has 0 aromatic carbocycles. The molecule has 5 aliphatic rings. The van der Waals surface area contributed by atoms with Gasteiger partial charge in [0.25, 0.3) is 0 Å². The minimum atomic E-state index is 0.502. The van der Waals surface area contributed by atoms with Gasteiger partial charge >= 0.3 is 0 Å². The van der Waals surface area contributed by atoms with Crippen LogP contribution in [0, 0.1) is 11.3 Å². The summed E-state index contributed by atoms with van der Waals surface area (Å²) in [6.45, 7) is 4.26. The number of nitrogens with one attached hydrogen (secondary N) is 1. The third-order valence-corrected chi connectivity index (χ3v) is 6.13. The van der Waals surface area contributed by atoms with Crippen molar-refractivity contribution in [3.05, 3.63) is 47.4 Å². The third kappa shape index (κ3) is 1.84. The summed E-state index contributed by atoms with van der Waals surface area (Å²) in [7, 11) is 0. The second kappa shape index (κ2) is 4.76. The molecule has 3 aliphatic carbocycles. The van der Waals surface area contributed by atoms with Crippen LogP contribution in [0.25, 0.3) is 0 Å². The van der Waals surface area contributed by atoms with Crippen molar-refractivity contribution in [2.75, 3.05) is 26.2 Å². The van der Waals surface area contributed by atoms with Crippen molar-refractivity contribution in [1.29, 1.82) is 0 Å². The lowest BCUT2D eigenvalue weighted by atomic mass is 9.88. The van der Waals surface area contributed by atoms with Gasteiger partial charge in [0.2, 0.25) is 0 Å². The molecule has 2 heterocycles. The fourth-order valence-electron chi connectivity index (χ4n) is 4.76. The van der Waals surface area contributed by atoms with Gasteiger partial charge in [-0.3, -0.25) is 0 Å². The summed E-state index contributed by atoms with van der Waals surface area (Å²) in [5.41, 5.74) is 3.43. The van der Waals surface area contributed by atoms with Crippen molar-refractivity contribution in [3.8, 4) is 0 Å². The van der Waals surface area contributed by atoms with Gasteiger partial charge < -0.3 is 15.0 Å². The highest BCUT2D eigenvalue weighted by atomic mass is 16.5. The predicted octanol–water partition coefficient (Wildman–Crippen LogP) is 2.74. The average Bonchev–Trinajstić information content (AvgIpc) is 3.16. The van der Waals surface area contributed by atoms with Crippen molar-refractivity contribution < 1.29 is 4.74 Å². The van der Waals surface area contributed by atoms with E-state index < -0.39 is 0 Å². The van der Waals surface area contributed by atoms with Gasteiger partial charge in [0.15, 0.2) is 0 Å². The van der Waals surface area contributed by atoms with Gasteiger partial charge in [-0.05, 0) is 43.4 Å². The number of allylic oxidation sites excluding steroid dienone is 4. The Labute approximate surface area is 132 Å². The molecule has 0 spiro atoms. The molecule has 5 rings (SSSR count). The van der Waals surface area contributed by atoms with Gasteiger partial charge in [0, 0.05) is 18.4 Å². The van der Waals surface area contributed by atoms with E-state index in [-0.39, 0.29) is 0 Å². The Morgan fingerprint density at radius 1 is 1.32 bits per heavy atom. The first-order chi connectivity index (χ1) is 10.9. The van der Waals surface area contributed by atoms with Crippen molar-refractivity contribution in [3.63, 3.8) is 0 Å². The fourth-order valence-corrected chi connectivity index (χ4v) is 4.76. The molecule has 3 heteroatoms. The Balaban J connectivity index is 1.35. The Kier molecular flexibility index (Phi) is 2.81. The van der Waals surface area contributed by atoms with E-state index in [0.29, 0.717) is 11.5 Å². The Bertz CT molecular complexity index is 615. The van der Waals surface area contributed by atoms with Gasteiger partial charge in [-0.15, -0.1) is 0 Å². The van der Waals surface area contributed by atoms with E-state index in [4.69, 9.17) is 4.74 Å². The monoisotopic (exact) mass is 296 g/mol. The molecule has 1 N–H and O–H groups in total. The number of fused-ring (bicyclic) bond motifs is 1. The average molecular weight is 296 g/mol. The van der Waals surface area contributed by atoms with Gasteiger partial charge in [-0.1, -0.05) is 24.3 Å². The molecule has 2 fully saturated rings. The van der Waals surface area contributed by atoms with Crippen molar-refractivity contribution in [2.24, 2.45) is 11.3 Å². The lowest BCUT2D eigenvalue weighted by Crippen LogP contribution is -2.40. The molecular weight excluding hydrogens is 272 g/mol. The van der Waals surface area contributed by atoms with Gasteiger partial charge in [-0.2, -0.15) is 0 Å². The molecule has 0 aromatic heterocycles. The summed E-state index contributed by atoms with van der Waals surface area (Å²) in [6, 6.07) is 0.503. The zero-order valence-electron chi connectivity index (χ0n) is 13.1. The first-order valence-corrected chi connectivity index (χ1v) is 8.75. The van der Waals surface area contributed by atoms with Crippen molar-refractivity contribution >= 4 is 0 Å². The second-order valence-electron chi connectivity index (χ2n) is 7.30. The normalized spacial score (nSPS) is 39.3. The van der Waals surface area contributed by atoms with E-state index in [1.807, 2.05) is 0 Å². The number of piperidine rings is 1. The largest absolute Gasteiger partial charge is 0.494 e. The van der Waals surface area contributed by atoms with E-state index >= 15 is 0 Å². The molecule has 22 heavy (non-hydrogen) atoms. The summed E-state index contributed by atoms with van der Waals surface area (Å²) < 4.78 is 5.87. The van der Waals surface area contributed by atoms with Crippen LogP contribution in [-0.4, -0.2) is 37.2 Å². The summed E-state index contributed by atoms with van der Waals surface area (Å²) >= 11 is 0. The molecule has 1 saturated heterocycles. The summed E-state index contributed by atoms with van der Waals surface area (Å²) in [5, 5.41) is 3.55. The zero-order valence-corrected chi connectivity index (χ0v) is 13.1. The van der Waals surface area contributed by atoms with Crippen LogP contribution < -0.4 is 5.32 Å². The number of rotatable bonds is 2. The highest BCUT2D eigenvalue weighted by Crippen LogP contribution is 2.60. The molecule has 0 aromatic rings. The fraction of sp³-hybridized carbons (Fsp3) is 0.579. The van der Waals surface area contributed by atoms with E-state index in [1.54, 1.807) is 5.57 Å².